The van der Waals surface area contributed by atoms with Gasteiger partial charge in [-0.2, -0.15) is 0 Å². The summed E-state index contributed by atoms with van der Waals surface area (Å²) in [6, 6.07) is 4.15. The van der Waals surface area contributed by atoms with Crippen LogP contribution in [0.5, 0.6) is 5.75 Å². The van der Waals surface area contributed by atoms with E-state index in [-0.39, 0.29) is 11.5 Å². The molecule has 3 rings (SSSR count). The van der Waals surface area contributed by atoms with Gasteiger partial charge in [-0.1, -0.05) is 12.8 Å². The van der Waals surface area contributed by atoms with Gasteiger partial charge in [-0.05, 0) is 105 Å². The van der Waals surface area contributed by atoms with Gasteiger partial charge in [0.1, 0.15) is 11.4 Å². The molecule has 2 aliphatic rings. The summed E-state index contributed by atoms with van der Waals surface area (Å²) in [5.41, 5.74) is 2.29. The van der Waals surface area contributed by atoms with Gasteiger partial charge < -0.3 is 15.2 Å². The van der Waals surface area contributed by atoms with E-state index in [0.29, 0.717) is 18.2 Å². The molecule has 1 fully saturated rings. The largest absolute Gasteiger partial charge is 0.507 e. The molecule has 2 aliphatic carbocycles. The number of ether oxygens (including phenoxy) is 1. The molecule has 0 radical (unpaired) electrons. The van der Waals surface area contributed by atoms with Crippen LogP contribution < -0.4 is 5.32 Å². The van der Waals surface area contributed by atoms with Gasteiger partial charge in [-0.25, -0.2) is 4.79 Å². The summed E-state index contributed by atoms with van der Waals surface area (Å²) in [5.74, 6) is 1.03. The number of phenols is 1. The standard InChI is InChI=1S/C21H30INO3/c1-20(2,3)26-19(25)23-11-10-21-9-5-4-6-15(21)8-7-14-12-17(22)18(24)13-16(14)21/h12-13,15,24H,4-11H2,1-3H3,(H,23,25)/t15-,21+/m1/s1. The number of carbonyl (C=O) groups excluding carboxylic acids is 1. The van der Waals surface area contributed by atoms with Gasteiger partial charge in [0.2, 0.25) is 0 Å². The molecule has 1 aromatic carbocycles. The average Bonchev–Trinajstić information content (AvgIpc) is 2.54. The number of alkyl carbamates (subject to hydrolysis) is 1. The van der Waals surface area contributed by atoms with E-state index in [1.54, 1.807) is 0 Å². The molecule has 26 heavy (non-hydrogen) atoms. The number of rotatable bonds is 3. The second-order valence-electron chi connectivity index (χ2n) is 8.78. The molecule has 0 spiro atoms. The van der Waals surface area contributed by atoms with Gasteiger partial charge in [-0.15, -0.1) is 0 Å². The molecule has 1 saturated carbocycles. The summed E-state index contributed by atoms with van der Waals surface area (Å²) < 4.78 is 6.30. The number of nitrogens with one attached hydrogen (secondary N) is 1. The van der Waals surface area contributed by atoms with Crippen molar-refractivity contribution < 1.29 is 14.6 Å². The Labute approximate surface area is 170 Å². The fourth-order valence-electron chi connectivity index (χ4n) is 4.86. The molecule has 5 heteroatoms. The number of aryl methyl sites for hydroxylation is 1. The molecule has 2 N–H and O–H groups in total. The topological polar surface area (TPSA) is 58.6 Å². The predicted octanol–water partition coefficient (Wildman–Crippen LogP) is 5.29. The third-order valence-corrected chi connectivity index (χ3v) is 6.78. The third kappa shape index (κ3) is 4.12. The minimum Gasteiger partial charge on any atom is -0.507 e. The lowest BCUT2D eigenvalue weighted by Gasteiger charge is -2.49. The number of aromatic hydroxyl groups is 1. The summed E-state index contributed by atoms with van der Waals surface area (Å²) in [6.07, 6.45) is 7.76. The second kappa shape index (κ2) is 7.56. The number of hydrogen-bond acceptors (Lipinski definition) is 3. The van der Waals surface area contributed by atoms with Crippen LogP contribution in [0.3, 0.4) is 0 Å². The summed E-state index contributed by atoms with van der Waals surface area (Å²) >= 11 is 2.21. The molecule has 0 saturated heterocycles. The highest BCUT2D eigenvalue weighted by Crippen LogP contribution is 2.53. The molecule has 0 aromatic heterocycles. The van der Waals surface area contributed by atoms with Crippen molar-refractivity contribution in [3.05, 3.63) is 26.8 Å². The van der Waals surface area contributed by atoms with E-state index in [2.05, 4.69) is 34.0 Å². The van der Waals surface area contributed by atoms with E-state index < -0.39 is 5.60 Å². The fourth-order valence-corrected chi connectivity index (χ4v) is 5.39. The van der Waals surface area contributed by atoms with Crippen LogP contribution in [0.25, 0.3) is 0 Å². The molecule has 0 aliphatic heterocycles. The molecular weight excluding hydrogens is 441 g/mol. The van der Waals surface area contributed by atoms with Crippen LogP contribution in [-0.4, -0.2) is 23.3 Å². The first-order chi connectivity index (χ1) is 12.2. The first kappa shape index (κ1) is 19.8. The van der Waals surface area contributed by atoms with Crippen molar-refractivity contribution in [2.75, 3.05) is 6.54 Å². The van der Waals surface area contributed by atoms with Crippen molar-refractivity contribution in [2.24, 2.45) is 5.92 Å². The van der Waals surface area contributed by atoms with Gasteiger partial charge in [0.25, 0.3) is 0 Å². The van der Waals surface area contributed by atoms with E-state index >= 15 is 0 Å². The number of carbonyl (C=O) groups is 1. The maximum atomic E-state index is 12.0. The Morgan fingerprint density at radius 3 is 2.85 bits per heavy atom. The predicted molar refractivity (Wildman–Crippen MR) is 112 cm³/mol. The summed E-state index contributed by atoms with van der Waals surface area (Å²) in [6.45, 7) is 6.25. The molecule has 144 valence electrons. The highest BCUT2D eigenvalue weighted by molar-refractivity contribution is 14.1. The second-order valence-corrected chi connectivity index (χ2v) is 9.94. The van der Waals surface area contributed by atoms with Gasteiger partial charge in [0.15, 0.2) is 0 Å². The zero-order valence-electron chi connectivity index (χ0n) is 16.0. The Bertz CT molecular complexity index is 683. The lowest BCUT2D eigenvalue weighted by Crippen LogP contribution is -2.45. The molecule has 0 bridgehead atoms. The Balaban J connectivity index is 1.80. The molecule has 0 unspecified atom stereocenters. The summed E-state index contributed by atoms with van der Waals surface area (Å²) in [4.78, 5) is 12.0. The highest BCUT2D eigenvalue weighted by Gasteiger charge is 2.45. The van der Waals surface area contributed by atoms with Crippen LogP contribution in [0, 0.1) is 9.49 Å². The number of hydrogen-bond donors (Lipinski definition) is 2. The van der Waals surface area contributed by atoms with Crippen molar-refractivity contribution >= 4 is 28.7 Å². The van der Waals surface area contributed by atoms with Crippen LogP contribution in [0.4, 0.5) is 4.79 Å². The van der Waals surface area contributed by atoms with Crippen LogP contribution in [0.2, 0.25) is 0 Å². The van der Waals surface area contributed by atoms with Crippen molar-refractivity contribution in [1.29, 1.82) is 0 Å². The smallest absolute Gasteiger partial charge is 0.407 e. The van der Waals surface area contributed by atoms with Crippen LogP contribution in [-0.2, 0) is 16.6 Å². The van der Waals surface area contributed by atoms with Gasteiger partial charge in [0.05, 0.1) is 3.57 Å². The van der Waals surface area contributed by atoms with Crippen molar-refractivity contribution in [2.45, 2.75) is 76.7 Å². The quantitative estimate of drug-likeness (QED) is 0.590. The molecule has 1 amide bonds. The van der Waals surface area contributed by atoms with E-state index in [1.165, 1.54) is 36.8 Å². The van der Waals surface area contributed by atoms with E-state index in [0.717, 1.165) is 22.8 Å². The zero-order valence-corrected chi connectivity index (χ0v) is 18.2. The lowest BCUT2D eigenvalue weighted by atomic mass is 9.56. The summed E-state index contributed by atoms with van der Waals surface area (Å²) in [7, 11) is 0. The van der Waals surface area contributed by atoms with Gasteiger partial charge in [0, 0.05) is 12.0 Å². The molecule has 2 atom stereocenters. The number of halogens is 1. The Morgan fingerprint density at radius 2 is 2.12 bits per heavy atom. The number of fused-ring (bicyclic) bond motifs is 3. The maximum absolute atomic E-state index is 12.0. The van der Waals surface area contributed by atoms with Crippen LogP contribution in [0.1, 0.15) is 70.4 Å². The average molecular weight is 471 g/mol. The Morgan fingerprint density at radius 1 is 1.35 bits per heavy atom. The van der Waals surface area contributed by atoms with Crippen molar-refractivity contribution in [3.63, 3.8) is 0 Å². The fraction of sp³-hybridized carbons (Fsp3) is 0.667. The lowest BCUT2D eigenvalue weighted by molar-refractivity contribution is 0.0514. The first-order valence-corrected chi connectivity index (χ1v) is 10.8. The Kier molecular flexibility index (Phi) is 5.75. The van der Waals surface area contributed by atoms with E-state index in [1.807, 2.05) is 26.8 Å². The minimum atomic E-state index is -0.477. The van der Waals surface area contributed by atoms with E-state index in [9.17, 15) is 9.90 Å². The van der Waals surface area contributed by atoms with Crippen LogP contribution >= 0.6 is 22.6 Å². The SMILES string of the molecule is CC(C)(C)OC(=O)NCC[C@@]12CCCC[C@@H]1CCc1cc(I)c(O)cc12. The summed E-state index contributed by atoms with van der Waals surface area (Å²) in [5, 5.41) is 13.3. The third-order valence-electron chi connectivity index (χ3n) is 5.92. The zero-order chi connectivity index (χ0) is 18.9. The normalized spacial score (nSPS) is 25.2. The molecule has 1 aromatic rings. The minimum absolute atomic E-state index is 0.0721. The Hall–Kier alpha value is -0.980. The maximum Gasteiger partial charge on any atom is 0.407 e. The molecule has 0 heterocycles. The van der Waals surface area contributed by atoms with Crippen LogP contribution in [0.15, 0.2) is 12.1 Å². The molecule has 4 nitrogen and oxygen atoms in total. The number of phenolic OH excluding ortho intramolecular Hbond substituents is 1. The van der Waals surface area contributed by atoms with Crippen molar-refractivity contribution in [1.82, 2.24) is 5.32 Å². The highest BCUT2D eigenvalue weighted by atomic mass is 127. The van der Waals surface area contributed by atoms with Crippen molar-refractivity contribution in [3.8, 4) is 5.75 Å². The molecular formula is C21H30INO3. The van der Waals surface area contributed by atoms with Gasteiger partial charge in [-0.3, -0.25) is 0 Å². The van der Waals surface area contributed by atoms with Gasteiger partial charge >= 0.3 is 6.09 Å². The van der Waals surface area contributed by atoms with E-state index in [4.69, 9.17) is 4.74 Å². The first-order valence-electron chi connectivity index (χ1n) is 9.70. The number of benzene rings is 1. The number of amides is 1. The monoisotopic (exact) mass is 471 g/mol.